The Hall–Kier alpha value is -5.17. The van der Waals surface area contributed by atoms with E-state index in [4.69, 9.17) is 9.47 Å². The minimum Gasteiger partial charge on any atom is -0.456 e. The zero-order chi connectivity index (χ0) is 28.1. The van der Waals surface area contributed by atoms with Crippen molar-refractivity contribution in [2.45, 2.75) is 0 Å². The van der Waals surface area contributed by atoms with Crippen LogP contribution in [0.15, 0.2) is 140 Å². The monoisotopic (exact) mass is 566 g/mol. The van der Waals surface area contributed by atoms with Gasteiger partial charge in [-0.25, -0.2) is 0 Å². The minimum absolute atomic E-state index is 0.888. The molecule has 0 aromatic heterocycles. The standard InChI is InChI=1S/C40H23O2P/c1-2-10-27-24(9-1)18-21-35-39(27)43-37-16-8-7-15-34(37)41-36-22-20-26(38(42-35)40(36)43)25-17-19-32-30-13-4-3-11-28(30)29-12-5-6-14-31(29)33(32)23-25/h1-23H. The van der Waals surface area contributed by atoms with Gasteiger partial charge in [0.2, 0.25) is 0 Å². The van der Waals surface area contributed by atoms with E-state index in [1.54, 1.807) is 0 Å². The Balaban J connectivity index is 1.27. The molecule has 2 aliphatic heterocycles. The van der Waals surface area contributed by atoms with Crippen LogP contribution in [0.1, 0.15) is 0 Å². The van der Waals surface area contributed by atoms with Gasteiger partial charge in [0.25, 0.3) is 0 Å². The lowest BCUT2D eigenvalue weighted by molar-refractivity contribution is 0.468. The van der Waals surface area contributed by atoms with Crippen LogP contribution in [0.2, 0.25) is 0 Å². The predicted molar refractivity (Wildman–Crippen MR) is 181 cm³/mol. The van der Waals surface area contributed by atoms with Crippen LogP contribution in [0.3, 0.4) is 0 Å². The van der Waals surface area contributed by atoms with Crippen molar-refractivity contribution in [1.29, 1.82) is 0 Å². The molecule has 2 aliphatic rings. The van der Waals surface area contributed by atoms with E-state index in [-0.39, 0.29) is 0 Å². The van der Waals surface area contributed by atoms with E-state index < -0.39 is 7.92 Å². The van der Waals surface area contributed by atoms with Crippen LogP contribution in [0, 0.1) is 0 Å². The van der Waals surface area contributed by atoms with Gasteiger partial charge in [-0.3, -0.25) is 0 Å². The zero-order valence-electron chi connectivity index (χ0n) is 23.0. The van der Waals surface area contributed by atoms with Gasteiger partial charge < -0.3 is 9.47 Å². The number of hydrogen-bond donors (Lipinski definition) is 0. The first-order valence-electron chi connectivity index (χ1n) is 14.6. The lowest BCUT2D eigenvalue weighted by Gasteiger charge is -2.36. The second kappa shape index (κ2) is 8.67. The molecule has 0 fully saturated rings. The maximum atomic E-state index is 6.94. The largest absolute Gasteiger partial charge is 0.456 e. The van der Waals surface area contributed by atoms with Crippen molar-refractivity contribution in [2.24, 2.45) is 0 Å². The second-order valence-electron chi connectivity index (χ2n) is 11.3. The molecule has 0 amide bonds. The quantitative estimate of drug-likeness (QED) is 0.145. The average molecular weight is 567 g/mol. The first kappa shape index (κ1) is 23.4. The summed E-state index contributed by atoms with van der Waals surface area (Å²) < 4.78 is 13.5. The topological polar surface area (TPSA) is 18.5 Å². The Morgan fingerprint density at radius 2 is 1.00 bits per heavy atom. The summed E-state index contributed by atoms with van der Waals surface area (Å²) in [6.07, 6.45) is 0. The van der Waals surface area contributed by atoms with Gasteiger partial charge in [0.05, 0.1) is 5.30 Å². The fraction of sp³-hybridized carbons (Fsp3) is 0. The molecular weight excluding hydrogens is 543 g/mol. The Morgan fingerprint density at radius 1 is 0.395 bits per heavy atom. The number of ether oxygens (including phenoxy) is 2. The molecule has 0 saturated carbocycles. The molecule has 0 spiro atoms. The molecule has 1 atom stereocenters. The normalized spacial score (nSPS) is 14.7. The number of rotatable bonds is 1. The van der Waals surface area contributed by atoms with Crippen molar-refractivity contribution < 1.29 is 9.47 Å². The smallest absolute Gasteiger partial charge is 0.147 e. The fourth-order valence-corrected chi connectivity index (χ4v) is 9.89. The third kappa shape index (κ3) is 3.22. The highest BCUT2D eigenvalue weighted by atomic mass is 31.1. The lowest BCUT2D eigenvalue weighted by atomic mass is 9.92. The SMILES string of the molecule is c1ccc2c(c1)Oc1ccc(-c3ccc4c5ccccc5c5ccccc5c4c3)c3c1P2c1c(ccc2ccccc12)O3. The average Bonchev–Trinajstić information content (AvgIpc) is 3.08. The summed E-state index contributed by atoms with van der Waals surface area (Å²) in [5, 5.41) is 13.8. The minimum atomic E-state index is -0.894. The first-order valence-corrected chi connectivity index (χ1v) is 15.9. The Morgan fingerprint density at radius 3 is 1.79 bits per heavy atom. The van der Waals surface area contributed by atoms with Gasteiger partial charge in [0.15, 0.2) is 0 Å². The molecular formula is C40H23O2P. The number of fused-ring (bicyclic) bond motifs is 12. The van der Waals surface area contributed by atoms with Crippen LogP contribution in [-0.2, 0) is 0 Å². The van der Waals surface area contributed by atoms with Gasteiger partial charge >= 0.3 is 0 Å². The van der Waals surface area contributed by atoms with E-state index in [2.05, 4.69) is 140 Å². The number of para-hydroxylation sites is 1. The van der Waals surface area contributed by atoms with E-state index in [9.17, 15) is 0 Å². The molecule has 3 heteroatoms. The van der Waals surface area contributed by atoms with Gasteiger partial charge in [0.1, 0.15) is 23.0 Å². The molecule has 43 heavy (non-hydrogen) atoms. The van der Waals surface area contributed by atoms with Crippen molar-refractivity contribution in [3.05, 3.63) is 140 Å². The van der Waals surface area contributed by atoms with Crippen molar-refractivity contribution in [3.8, 4) is 34.1 Å². The van der Waals surface area contributed by atoms with Crippen LogP contribution in [-0.4, -0.2) is 0 Å². The summed E-state index contributed by atoms with van der Waals surface area (Å²) >= 11 is 0. The molecule has 2 nitrogen and oxygen atoms in total. The van der Waals surface area contributed by atoms with Gasteiger partial charge in [0, 0.05) is 24.1 Å². The van der Waals surface area contributed by atoms with E-state index in [1.807, 2.05) is 0 Å². The van der Waals surface area contributed by atoms with Gasteiger partial charge in [-0.05, 0) is 79.0 Å². The van der Waals surface area contributed by atoms with Crippen LogP contribution in [0.25, 0.3) is 54.2 Å². The molecule has 0 saturated heterocycles. The van der Waals surface area contributed by atoms with Gasteiger partial charge in [-0.2, -0.15) is 0 Å². The predicted octanol–water partition coefficient (Wildman–Crippen LogP) is 9.94. The fourth-order valence-electron chi connectivity index (χ4n) is 7.11. The van der Waals surface area contributed by atoms with Crippen LogP contribution in [0.4, 0.5) is 0 Å². The molecule has 1 unspecified atom stereocenters. The van der Waals surface area contributed by atoms with Crippen molar-refractivity contribution >= 4 is 66.9 Å². The Kier molecular flexibility index (Phi) is 4.72. The number of hydrogen-bond acceptors (Lipinski definition) is 2. The summed E-state index contributed by atoms with van der Waals surface area (Å²) in [5.41, 5.74) is 2.23. The molecule has 8 aromatic rings. The van der Waals surface area contributed by atoms with Gasteiger partial charge in [-0.1, -0.05) is 109 Å². The highest BCUT2D eigenvalue weighted by Gasteiger charge is 2.39. The molecule has 0 radical (unpaired) electrons. The summed E-state index contributed by atoms with van der Waals surface area (Å²) in [6.45, 7) is 0. The van der Waals surface area contributed by atoms with Crippen LogP contribution >= 0.6 is 7.92 Å². The Bertz CT molecular complexity index is 2440. The lowest BCUT2D eigenvalue weighted by Crippen LogP contribution is -2.32. The van der Waals surface area contributed by atoms with Crippen molar-refractivity contribution in [1.82, 2.24) is 0 Å². The molecule has 2 heterocycles. The third-order valence-electron chi connectivity index (χ3n) is 9.00. The summed E-state index contributed by atoms with van der Waals surface area (Å²) in [7, 11) is -0.894. The molecule has 0 aliphatic carbocycles. The van der Waals surface area contributed by atoms with Crippen LogP contribution in [0.5, 0.6) is 23.0 Å². The van der Waals surface area contributed by atoms with E-state index in [1.165, 1.54) is 59.0 Å². The van der Waals surface area contributed by atoms with Crippen molar-refractivity contribution in [3.63, 3.8) is 0 Å². The molecule has 0 N–H and O–H groups in total. The maximum absolute atomic E-state index is 6.94. The summed E-state index contributed by atoms with van der Waals surface area (Å²) in [4.78, 5) is 0. The second-order valence-corrected chi connectivity index (χ2v) is 13.3. The molecule has 8 aromatic carbocycles. The zero-order valence-corrected chi connectivity index (χ0v) is 23.9. The van der Waals surface area contributed by atoms with Crippen LogP contribution < -0.4 is 25.4 Å². The first-order chi connectivity index (χ1) is 21.3. The summed E-state index contributed by atoms with van der Waals surface area (Å²) in [5.74, 6) is 3.67. The van der Waals surface area contributed by atoms with Gasteiger partial charge in [-0.15, -0.1) is 0 Å². The molecule has 10 rings (SSSR count). The maximum Gasteiger partial charge on any atom is 0.147 e. The highest BCUT2D eigenvalue weighted by Crippen LogP contribution is 2.56. The molecule has 200 valence electrons. The number of benzene rings is 8. The molecule has 0 bridgehead atoms. The van der Waals surface area contributed by atoms with E-state index in [0.717, 1.165) is 34.1 Å². The van der Waals surface area contributed by atoms with E-state index in [0.29, 0.717) is 0 Å². The van der Waals surface area contributed by atoms with Crippen molar-refractivity contribution in [2.75, 3.05) is 0 Å². The third-order valence-corrected chi connectivity index (χ3v) is 11.6. The van der Waals surface area contributed by atoms with E-state index >= 15 is 0 Å². The highest BCUT2D eigenvalue weighted by molar-refractivity contribution is 7.81. The summed E-state index contributed by atoms with van der Waals surface area (Å²) in [6, 6.07) is 50.1. The Labute approximate surface area is 249 Å².